The van der Waals surface area contributed by atoms with E-state index in [4.69, 9.17) is 10.00 Å². The number of hydrogen-bond acceptors (Lipinski definition) is 6. The Morgan fingerprint density at radius 2 is 1.70 bits per heavy atom. The molecule has 30 heavy (non-hydrogen) atoms. The maximum absolute atomic E-state index is 13.7. The Labute approximate surface area is 174 Å². The van der Waals surface area contributed by atoms with Gasteiger partial charge in [-0.3, -0.25) is 0 Å². The standard InChI is InChI=1S/C19H20FN3O5S2/c20-19-10-18(8-5-15(19)11-21)30(26,27)22-12-14-3-6-17(7-4-14)29(24,25)23-13-16-2-1-9-28-16/h3-8,10,16,22-23H,1-2,9,12-13H2. The number of hydrogen-bond donors (Lipinski definition) is 2. The van der Waals surface area contributed by atoms with Gasteiger partial charge in [0.2, 0.25) is 20.0 Å². The van der Waals surface area contributed by atoms with E-state index in [-0.39, 0.29) is 34.5 Å². The number of halogens is 1. The summed E-state index contributed by atoms with van der Waals surface area (Å²) in [4.78, 5) is -0.252. The number of rotatable bonds is 8. The molecule has 1 saturated heterocycles. The van der Waals surface area contributed by atoms with E-state index >= 15 is 0 Å². The fraction of sp³-hybridized carbons (Fsp3) is 0.316. The minimum atomic E-state index is -4.01. The summed E-state index contributed by atoms with van der Waals surface area (Å²) in [5, 5.41) is 8.72. The largest absolute Gasteiger partial charge is 0.377 e. The van der Waals surface area contributed by atoms with Crippen molar-refractivity contribution in [1.82, 2.24) is 9.44 Å². The second-order valence-electron chi connectivity index (χ2n) is 6.71. The number of ether oxygens (including phenoxy) is 1. The van der Waals surface area contributed by atoms with Crippen LogP contribution >= 0.6 is 0 Å². The van der Waals surface area contributed by atoms with E-state index in [2.05, 4.69) is 9.44 Å². The molecule has 8 nitrogen and oxygen atoms in total. The molecule has 0 radical (unpaired) electrons. The highest BCUT2D eigenvalue weighted by Gasteiger charge is 2.20. The zero-order chi connectivity index (χ0) is 21.8. The number of nitrogens with one attached hydrogen (secondary N) is 2. The highest BCUT2D eigenvalue weighted by Crippen LogP contribution is 2.16. The number of benzene rings is 2. The first kappa shape index (κ1) is 22.3. The fourth-order valence-corrected chi connectivity index (χ4v) is 4.99. The molecule has 0 saturated carbocycles. The Balaban J connectivity index is 1.62. The number of nitrogens with zero attached hydrogens (tertiary/aromatic N) is 1. The average Bonchev–Trinajstić information content (AvgIpc) is 3.25. The molecule has 2 aromatic rings. The molecule has 1 aliphatic rings. The van der Waals surface area contributed by atoms with Crippen LogP contribution in [0.2, 0.25) is 0 Å². The van der Waals surface area contributed by atoms with Crippen LogP contribution in [-0.2, 0) is 31.3 Å². The van der Waals surface area contributed by atoms with E-state index in [1.165, 1.54) is 24.3 Å². The van der Waals surface area contributed by atoms with Crippen LogP contribution in [0.3, 0.4) is 0 Å². The summed E-state index contributed by atoms with van der Waals surface area (Å²) in [6.45, 7) is 0.713. The topological polar surface area (TPSA) is 125 Å². The van der Waals surface area contributed by atoms with Crippen LogP contribution in [0.25, 0.3) is 0 Å². The quantitative estimate of drug-likeness (QED) is 0.626. The minimum Gasteiger partial charge on any atom is -0.377 e. The van der Waals surface area contributed by atoms with Crippen LogP contribution in [0.4, 0.5) is 4.39 Å². The lowest BCUT2D eigenvalue weighted by Gasteiger charge is -2.12. The van der Waals surface area contributed by atoms with Gasteiger partial charge in [-0.2, -0.15) is 5.26 Å². The molecule has 1 heterocycles. The van der Waals surface area contributed by atoms with Crippen molar-refractivity contribution in [2.24, 2.45) is 0 Å². The molecule has 1 aliphatic heterocycles. The van der Waals surface area contributed by atoms with E-state index in [1.54, 1.807) is 6.07 Å². The minimum absolute atomic E-state index is 0.0567. The van der Waals surface area contributed by atoms with Crippen molar-refractivity contribution in [1.29, 1.82) is 5.26 Å². The van der Waals surface area contributed by atoms with E-state index in [0.29, 0.717) is 12.2 Å². The summed E-state index contributed by atoms with van der Waals surface area (Å²) < 4.78 is 73.2. The van der Waals surface area contributed by atoms with Crippen molar-refractivity contribution in [3.05, 3.63) is 59.4 Å². The molecule has 3 rings (SSSR count). The Morgan fingerprint density at radius 1 is 1.03 bits per heavy atom. The predicted octanol–water partition coefficient (Wildman–Crippen LogP) is 1.63. The zero-order valence-corrected chi connectivity index (χ0v) is 17.5. The molecule has 0 aliphatic carbocycles. The SMILES string of the molecule is N#Cc1ccc(S(=O)(=O)NCc2ccc(S(=O)(=O)NCC3CCCO3)cc2)cc1F. The molecular formula is C19H20FN3O5S2. The molecule has 0 spiro atoms. The van der Waals surface area contributed by atoms with Crippen LogP contribution in [0.1, 0.15) is 24.0 Å². The molecule has 1 atom stereocenters. The highest BCUT2D eigenvalue weighted by atomic mass is 32.2. The molecule has 1 fully saturated rings. The maximum atomic E-state index is 13.7. The smallest absolute Gasteiger partial charge is 0.240 e. The Morgan fingerprint density at radius 3 is 2.30 bits per heavy atom. The molecule has 1 unspecified atom stereocenters. The first-order valence-corrected chi connectivity index (χ1v) is 12.1. The van der Waals surface area contributed by atoms with Crippen molar-refractivity contribution in [3.8, 4) is 6.07 Å². The Kier molecular flexibility index (Phi) is 6.84. The van der Waals surface area contributed by atoms with Crippen LogP contribution in [0.15, 0.2) is 52.3 Å². The second-order valence-corrected chi connectivity index (χ2v) is 10.2. The lowest BCUT2D eigenvalue weighted by Crippen LogP contribution is -2.31. The maximum Gasteiger partial charge on any atom is 0.240 e. The molecular weight excluding hydrogens is 433 g/mol. The van der Waals surface area contributed by atoms with Gasteiger partial charge in [-0.05, 0) is 48.7 Å². The second kappa shape index (κ2) is 9.20. The third-order valence-corrected chi connectivity index (χ3v) is 7.43. The van der Waals surface area contributed by atoms with Gasteiger partial charge in [-0.25, -0.2) is 30.7 Å². The number of sulfonamides is 2. The van der Waals surface area contributed by atoms with Crippen LogP contribution < -0.4 is 9.44 Å². The Hall–Kier alpha value is -2.36. The van der Waals surface area contributed by atoms with Gasteiger partial charge in [-0.15, -0.1) is 0 Å². The van der Waals surface area contributed by atoms with Gasteiger partial charge in [0.1, 0.15) is 11.9 Å². The van der Waals surface area contributed by atoms with Crippen molar-refractivity contribution >= 4 is 20.0 Å². The van der Waals surface area contributed by atoms with E-state index in [0.717, 1.165) is 31.0 Å². The predicted molar refractivity (Wildman–Crippen MR) is 106 cm³/mol. The van der Waals surface area contributed by atoms with Crippen LogP contribution in [0.5, 0.6) is 0 Å². The summed E-state index contributed by atoms with van der Waals surface area (Å²) in [5.74, 6) is -0.926. The molecule has 0 bridgehead atoms. The number of nitriles is 1. The van der Waals surface area contributed by atoms with E-state index < -0.39 is 25.9 Å². The van der Waals surface area contributed by atoms with Crippen molar-refractivity contribution < 1.29 is 26.0 Å². The van der Waals surface area contributed by atoms with E-state index in [9.17, 15) is 21.2 Å². The van der Waals surface area contributed by atoms with Gasteiger partial charge in [-0.1, -0.05) is 12.1 Å². The summed E-state index contributed by atoms with van der Waals surface area (Å²) in [6, 6.07) is 10.4. The summed E-state index contributed by atoms with van der Waals surface area (Å²) in [6.07, 6.45) is 1.59. The van der Waals surface area contributed by atoms with Gasteiger partial charge in [0.05, 0.1) is 21.5 Å². The van der Waals surface area contributed by atoms with Gasteiger partial charge in [0.15, 0.2) is 0 Å². The van der Waals surface area contributed by atoms with Crippen molar-refractivity contribution in [2.45, 2.75) is 35.3 Å². The summed E-state index contributed by atoms with van der Waals surface area (Å²) >= 11 is 0. The molecule has 160 valence electrons. The van der Waals surface area contributed by atoms with Crippen molar-refractivity contribution in [2.75, 3.05) is 13.2 Å². The summed E-state index contributed by atoms with van der Waals surface area (Å²) in [5.41, 5.74) is 0.268. The van der Waals surface area contributed by atoms with E-state index in [1.807, 2.05) is 0 Å². The summed E-state index contributed by atoms with van der Waals surface area (Å²) in [7, 11) is -7.71. The fourth-order valence-electron chi connectivity index (χ4n) is 2.89. The van der Waals surface area contributed by atoms with Gasteiger partial charge in [0, 0.05) is 19.7 Å². The molecule has 0 aromatic heterocycles. The zero-order valence-electron chi connectivity index (χ0n) is 15.8. The first-order valence-electron chi connectivity index (χ1n) is 9.11. The first-order chi connectivity index (χ1) is 14.2. The van der Waals surface area contributed by atoms with Crippen molar-refractivity contribution in [3.63, 3.8) is 0 Å². The molecule has 0 amide bonds. The lowest BCUT2D eigenvalue weighted by atomic mass is 10.2. The molecule has 2 aromatic carbocycles. The van der Waals surface area contributed by atoms with Crippen LogP contribution in [0, 0.1) is 17.1 Å². The molecule has 2 N–H and O–H groups in total. The van der Waals surface area contributed by atoms with Crippen LogP contribution in [-0.4, -0.2) is 36.1 Å². The lowest BCUT2D eigenvalue weighted by molar-refractivity contribution is 0.114. The van der Waals surface area contributed by atoms with Gasteiger partial charge in [0.25, 0.3) is 0 Å². The third kappa shape index (κ3) is 5.41. The third-order valence-electron chi connectivity index (χ3n) is 4.60. The van der Waals surface area contributed by atoms with Gasteiger partial charge < -0.3 is 4.74 Å². The van der Waals surface area contributed by atoms with Gasteiger partial charge >= 0.3 is 0 Å². The Bertz CT molecular complexity index is 1150. The normalized spacial score (nSPS) is 17.0. The highest BCUT2D eigenvalue weighted by molar-refractivity contribution is 7.89. The monoisotopic (exact) mass is 453 g/mol. The average molecular weight is 454 g/mol. The molecule has 11 heteroatoms.